The van der Waals surface area contributed by atoms with E-state index < -0.39 is 11.2 Å². The highest BCUT2D eigenvalue weighted by atomic mass is 79.9. The van der Waals surface area contributed by atoms with Crippen LogP contribution in [-0.4, -0.2) is 19.1 Å². The van der Waals surface area contributed by atoms with Crippen LogP contribution in [0.25, 0.3) is 16.7 Å². The molecular weight excluding hydrogens is 360 g/mol. The molecule has 0 radical (unpaired) electrons. The van der Waals surface area contributed by atoms with Crippen LogP contribution in [0.1, 0.15) is 11.3 Å². The maximum atomic E-state index is 12.1. The molecule has 0 aliphatic carbocycles. The topological polar surface area (TPSA) is 69.8 Å². The van der Waals surface area contributed by atoms with E-state index in [1.165, 1.54) is 17.8 Å². The highest BCUT2D eigenvalue weighted by molar-refractivity contribution is 9.10. The molecule has 0 N–H and O–H groups in total. The predicted molar refractivity (Wildman–Crippen MR) is 92.3 cm³/mol. The van der Waals surface area contributed by atoms with Gasteiger partial charge in [-0.25, -0.2) is 14.8 Å². The van der Waals surface area contributed by atoms with E-state index in [1.54, 1.807) is 7.05 Å². The van der Waals surface area contributed by atoms with E-state index in [1.807, 2.05) is 24.3 Å². The highest BCUT2D eigenvalue weighted by Crippen LogP contribution is 2.23. The SMILES string of the molecule is C=C(c1cccc(Br)c1)c1cnc2c(=O)n(C)c(=O)n(C)c2n1. The first-order chi connectivity index (χ1) is 10.9. The second-order valence-electron chi connectivity index (χ2n) is 5.12. The van der Waals surface area contributed by atoms with Crippen LogP contribution >= 0.6 is 15.9 Å². The minimum atomic E-state index is -0.463. The fourth-order valence-electron chi connectivity index (χ4n) is 2.29. The molecule has 3 aromatic rings. The van der Waals surface area contributed by atoms with E-state index in [4.69, 9.17) is 0 Å². The zero-order valence-electron chi connectivity index (χ0n) is 12.6. The molecule has 23 heavy (non-hydrogen) atoms. The molecule has 2 heterocycles. The van der Waals surface area contributed by atoms with E-state index in [0.717, 1.165) is 14.6 Å². The van der Waals surface area contributed by atoms with E-state index in [2.05, 4.69) is 32.5 Å². The van der Waals surface area contributed by atoms with Crippen molar-refractivity contribution in [2.45, 2.75) is 0 Å². The third kappa shape index (κ3) is 2.53. The van der Waals surface area contributed by atoms with Crippen molar-refractivity contribution in [3.05, 3.63) is 73.6 Å². The fourth-order valence-corrected chi connectivity index (χ4v) is 2.69. The maximum Gasteiger partial charge on any atom is 0.332 e. The molecule has 0 saturated heterocycles. The maximum absolute atomic E-state index is 12.1. The van der Waals surface area contributed by atoms with Crippen molar-refractivity contribution in [3.8, 4) is 0 Å². The van der Waals surface area contributed by atoms with Crippen LogP contribution in [0.4, 0.5) is 0 Å². The Morgan fingerprint density at radius 2 is 1.96 bits per heavy atom. The number of rotatable bonds is 2. The zero-order valence-corrected chi connectivity index (χ0v) is 14.2. The number of aryl methyl sites for hydroxylation is 1. The van der Waals surface area contributed by atoms with Crippen molar-refractivity contribution in [1.29, 1.82) is 0 Å². The summed E-state index contributed by atoms with van der Waals surface area (Å²) in [5.74, 6) is 0. The average Bonchev–Trinajstić information content (AvgIpc) is 2.57. The van der Waals surface area contributed by atoms with Gasteiger partial charge in [0, 0.05) is 24.1 Å². The Morgan fingerprint density at radius 3 is 2.65 bits per heavy atom. The first kappa shape index (κ1) is 15.4. The first-order valence-corrected chi connectivity index (χ1v) is 7.57. The fraction of sp³-hybridized carbons (Fsp3) is 0.125. The third-order valence-corrected chi connectivity index (χ3v) is 4.13. The molecule has 3 rings (SSSR count). The number of halogens is 1. The van der Waals surface area contributed by atoms with Crippen LogP contribution in [0.3, 0.4) is 0 Å². The molecule has 0 aliphatic heterocycles. The van der Waals surface area contributed by atoms with Gasteiger partial charge in [0.05, 0.1) is 11.9 Å². The van der Waals surface area contributed by atoms with Crippen LogP contribution in [0, 0.1) is 0 Å². The summed E-state index contributed by atoms with van der Waals surface area (Å²) in [6.07, 6.45) is 1.50. The molecule has 0 saturated carbocycles. The summed E-state index contributed by atoms with van der Waals surface area (Å²) in [5, 5.41) is 0. The Labute approximate surface area is 139 Å². The van der Waals surface area contributed by atoms with E-state index in [9.17, 15) is 9.59 Å². The number of hydrogen-bond donors (Lipinski definition) is 0. The van der Waals surface area contributed by atoms with Gasteiger partial charge in [-0.3, -0.25) is 13.9 Å². The van der Waals surface area contributed by atoms with Gasteiger partial charge in [0.1, 0.15) is 0 Å². The van der Waals surface area contributed by atoms with Crippen LogP contribution in [0.5, 0.6) is 0 Å². The van der Waals surface area contributed by atoms with E-state index >= 15 is 0 Å². The molecule has 2 aromatic heterocycles. The van der Waals surface area contributed by atoms with Crippen LogP contribution in [0.15, 0.2) is 51.1 Å². The second kappa shape index (κ2) is 5.58. The lowest BCUT2D eigenvalue weighted by atomic mass is 10.1. The Morgan fingerprint density at radius 1 is 1.22 bits per heavy atom. The molecule has 0 atom stereocenters. The molecule has 0 fully saturated rings. The number of fused-ring (bicyclic) bond motifs is 1. The number of nitrogens with zero attached hydrogens (tertiary/aromatic N) is 4. The van der Waals surface area contributed by atoms with Crippen LogP contribution in [-0.2, 0) is 14.1 Å². The summed E-state index contributed by atoms with van der Waals surface area (Å²) >= 11 is 3.41. The van der Waals surface area contributed by atoms with Gasteiger partial charge < -0.3 is 0 Å². The van der Waals surface area contributed by atoms with Crippen molar-refractivity contribution in [2.24, 2.45) is 14.1 Å². The zero-order chi connectivity index (χ0) is 16.7. The molecule has 0 unspecified atom stereocenters. The molecule has 0 bridgehead atoms. The van der Waals surface area contributed by atoms with Gasteiger partial charge in [0.2, 0.25) is 0 Å². The number of benzene rings is 1. The van der Waals surface area contributed by atoms with Crippen LogP contribution in [0.2, 0.25) is 0 Å². The summed E-state index contributed by atoms with van der Waals surface area (Å²) in [7, 11) is 2.98. The van der Waals surface area contributed by atoms with Gasteiger partial charge in [-0.1, -0.05) is 34.6 Å². The highest BCUT2D eigenvalue weighted by Gasteiger charge is 2.13. The van der Waals surface area contributed by atoms with Crippen molar-refractivity contribution < 1.29 is 0 Å². The molecule has 116 valence electrons. The summed E-state index contributed by atoms with van der Waals surface area (Å²) < 4.78 is 3.24. The normalized spacial score (nSPS) is 10.9. The molecule has 6 nitrogen and oxygen atoms in total. The molecule has 0 aliphatic rings. The summed E-state index contributed by atoms with van der Waals surface area (Å²) in [6, 6.07) is 7.63. The quantitative estimate of drug-likeness (QED) is 0.688. The standard InChI is InChI=1S/C16H13BrN4O2/c1-9(10-5-4-6-11(17)7-10)12-8-18-13-14(19-12)20(2)16(23)21(3)15(13)22/h4-8H,1H2,2-3H3. The lowest BCUT2D eigenvalue weighted by Gasteiger charge is -2.09. The Balaban J connectivity index is 2.23. The molecule has 1 aromatic carbocycles. The van der Waals surface area contributed by atoms with Gasteiger partial charge >= 0.3 is 5.69 Å². The molecular formula is C16H13BrN4O2. The van der Waals surface area contributed by atoms with Crippen molar-refractivity contribution in [2.75, 3.05) is 0 Å². The predicted octanol–water partition coefficient (Wildman–Crippen LogP) is 1.85. The van der Waals surface area contributed by atoms with Crippen molar-refractivity contribution in [1.82, 2.24) is 19.1 Å². The Bertz CT molecular complexity index is 1070. The van der Waals surface area contributed by atoms with Gasteiger partial charge in [-0.15, -0.1) is 0 Å². The summed E-state index contributed by atoms with van der Waals surface area (Å²) in [4.78, 5) is 32.7. The van der Waals surface area contributed by atoms with Gasteiger partial charge in [-0.2, -0.15) is 0 Å². The third-order valence-electron chi connectivity index (χ3n) is 3.64. The lowest BCUT2D eigenvalue weighted by molar-refractivity contribution is 0.704. The Kier molecular flexibility index (Phi) is 3.73. The second-order valence-corrected chi connectivity index (χ2v) is 6.04. The number of aromatic nitrogens is 4. The largest absolute Gasteiger partial charge is 0.332 e. The van der Waals surface area contributed by atoms with Crippen LogP contribution < -0.4 is 11.2 Å². The van der Waals surface area contributed by atoms with E-state index in [-0.39, 0.29) is 11.2 Å². The lowest BCUT2D eigenvalue weighted by Crippen LogP contribution is -2.37. The summed E-state index contributed by atoms with van der Waals surface area (Å²) in [5.41, 5.74) is 1.54. The van der Waals surface area contributed by atoms with E-state index in [0.29, 0.717) is 11.3 Å². The first-order valence-electron chi connectivity index (χ1n) is 6.78. The summed E-state index contributed by atoms with van der Waals surface area (Å²) in [6.45, 7) is 4.04. The monoisotopic (exact) mass is 372 g/mol. The minimum absolute atomic E-state index is 0.153. The van der Waals surface area contributed by atoms with Gasteiger partial charge in [0.25, 0.3) is 5.56 Å². The van der Waals surface area contributed by atoms with Crippen molar-refractivity contribution >= 4 is 32.7 Å². The average molecular weight is 373 g/mol. The Hall–Kier alpha value is -2.54. The molecule has 0 amide bonds. The molecule has 7 heteroatoms. The molecule has 0 spiro atoms. The van der Waals surface area contributed by atoms with Crippen molar-refractivity contribution in [3.63, 3.8) is 0 Å². The minimum Gasteiger partial charge on any atom is -0.279 e. The smallest absolute Gasteiger partial charge is 0.279 e. The van der Waals surface area contributed by atoms with Gasteiger partial charge in [-0.05, 0) is 17.7 Å². The van der Waals surface area contributed by atoms with Gasteiger partial charge in [0.15, 0.2) is 11.2 Å². The number of hydrogen-bond acceptors (Lipinski definition) is 4.